The summed E-state index contributed by atoms with van der Waals surface area (Å²) in [4.78, 5) is 16.1. The van der Waals surface area contributed by atoms with Crippen LogP contribution in [0.4, 0.5) is 0 Å². The number of hydrogen-bond donors (Lipinski definition) is 0. The van der Waals surface area contributed by atoms with Crippen molar-refractivity contribution >= 4 is 17.5 Å². The summed E-state index contributed by atoms with van der Waals surface area (Å²) in [6.07, 6.45) is 3.61. The first kappa shape index (κ1) is 14.9. The molecule has 2 saturated heterocycles. The number of nitrogens with zero attached hydrogens (tertiary/aromatic N) is 2. The predicted molar refractivity (Wildman–Crippen MR) is 85.3 cm³/mol. The first-order valence-corrected chi connectivity index (χ1v) is 8.16. The van der Waals surface area contributed by atoms with Crippen molar-refractivity contribution < 1.29 is 4.79 Å². The molecule has 1 aromatic carbocycles. The molecular formula is C17H23ClN2O. The highest BCUT2D eigenvalue weighted by Crippen LogP contribution is 2.40. The fourth-order valence-corrected chi connectivity index (χ4v) is 3.77. The van der Waals surface area contributed by atoms with Crippen LogP contribution in [-0.4, -0.2) is 41.9 Å². The monoisotopic (exact) mass is 306 g/mol. The van der Waals surface area contributed by atoms with Gasteiger partial charge >= 0.3 is 0 Å². The Bertz CT molecular complexity index is 506. The van der Waals surface area contributed by atoms with E-state index in [0.717, 1.165) is 37.7 Å². The second-order valence-electron chi connectivity index (χ2n) is 6.59. The molecule has 2 aliphatic heterocycles. The van der Waals surface area contributed by atoms with Gasteiger partial charge in [0.1, 0.15) is 0 Å². The van der Waals surface area contributed by atoms with Crippen LogP contribution in [-0.2, 0) is 11.3 Å². The summed E-state index contributed by atoms with van der Waals surface area (Å²) in [5.74, 6) is 0.232. The Hall–Kier alpha value is -1.06. The number of carbonyl (C=O) groups excluding carboxylic acids is 1. The van der Waals surface area contributed by atoms with Crippen molar-refractivity contribution in [3.63, 3.8) is 0 Å². The van der Waals surface area contributed by atoms with Gasteiger partial charge in [-0.15, -0.1) is 0 Å². The molecule has 1 aromatic rings. The fourth-order valence-electron chi connectivity index (χ4n) is 3.65. The van der Waals surface area contributed by atoms with Crippen molar-refractivity contribution in [2.45, 2.75) is 32.7 Å². The van der Waals surface area contributed by atoms with Gasteiger partial charge in [0.25, 0.3) is 0 Å². The molecule has 3 nitrogen and oxygen atoms in total. The molecule has 0 N–H and O–H groups in total. The second-order valence-corrected chi connectivity index (χ2v) is 7.03. The summed E-state index contributed by atoms with van der Waals surface area (Å²) in [6, 6.07) is 8.15. The lowest BCUT2D eigenvalue weighted by Gasteiger charge is -2.39. The Labute approximate surface area is 131 Å². The van der Waals surface area contributed by atoms with E-state index in [1.807, 2.05) is 17.0 Å². The maximum Gasteiger partial charge on any atom is 0.219 e. The number of carbonyl (C=O) groups is 1. The van der Waals surface area contributed by atoms with E-state index in [0.29, 0.717) is 5.41 Å². The number of amides is 1. The van der Waals surface area contributed by atoms with Crippen LogP contribution in [0.5, 0.6) is 0 Å². The molecule has 2 heterocycles. The van der Waals surface area contributed by atoms with Crippen LogP contribution < -0.4 is 0 Å². The van der Waals surface area contributed by atoms with Crippen LogP contribution in [0, 0.1) is 5.41 Å². The highest BCUT2D eigenvalue weighted by atomic mass is 35.5. The molecule has 0 saturated carbocycles. The van der Waals surface area contributed by atoms with E-state index in [1.54, 1.807) is 6.92 Å². The number of hydrogen-bond acceptors (Lipinski definition) is 2. The normalized spacial score (nSPS) is 21.9. The molecule has 0 unspecified atom stereocenters. The lowest BCUT2D eigenvalue weighted by Crippen LogP contribution is -2.41. The fraction of sp³-hybridized carbons (Fsp3) is 0.588. The minimum atomic E-state index is 0.232. The van der Waals surface area contributed by atoms with Crippen LogP contribution in [0.25, 0.3) is 0 Å². The van der Waals surface area contributed by atoms with Crippen molar-refractivity contribution in [1.82, 2.24) is 9.80 Å². The van der Waals surface area contributed by atoms with Gasteiger partial charge in [0.2, 0.25) is 5.91 Å². The molecular weight excluding hydrogens is 284 g/mol. The van der Waals surface area contributed by atoms with Crippen LogP contribution in [0.2, 0.25) is 5.02 Å². The Kier molecular flexibility index (Phi) is 4.23. The molecule has 1 spiro atoms. The average molecular weight is 307 g/mol. The van der Waals surface area contributed by atoms with E-state index >= 15 is 0 Å². The quantitative estimate of drug-likeness (QED) is 0.838. The summed E-state index contributed by atoms with van der Waals surface area (Å²) in [6.45, 7) is 6.88. The molecule has 0 aliphatic carbocycles. The highest BCUT2D eigenvalue weighted by molar-refractivity contribution is 6.30. The maximum atomic E-state index is 11.5. The van der Waals surface area contributed by atoms with Gasteiger partial charge in [-0.2, -0.15) is 0 Å². The third-order valence-electron chi connectivity index (χ3n) is 5.12. The summed E-state index contributed by atoms with van der Waals surface area (Å²) in [5, 5.41) is 0.798. The van der Waals surface area contributed by atoms with Crippen molar-refractivity contribution in [2.75, 3.05) is 26.2 Å². The molecule has 2 aliphatic rings. The van der Waals surface area contributed by atoms with Crippen molar-refractivity contribution in [3.05, 3.63) is 34.9 Å². The van der Waals surface area contributed by atoms with Gasteiger partial charge in [0.05, 0.1) is 0 Å². The third-order valence-corrected chi connectivity index (χ3v) is 5.37. The number of halogens is 1. The topological polar surface area (TPSA) is 23.6 Å². The largest absolute Gasteiger partial charge is 0.342 e. The lowest BCUT2D eigenvalue weighted by atomic mass is 9.77. The second kappa shape index (κ2) is 5.98. The molecule has 0 bridgehead atoms. The maximum absolute atomic E-state index is 11.5. The van der Waals surface area contributed by atoms with E-state index in [1.165, 1.54) is 24.8 Å². The van der Waals surface area contributed by atoms with E-state index in [4.69, 9.17) is 11.6 Å². The number of rotatable bonds is 2. The van der Waals surface area contributed by atoms with Gasteiger partial charge in [-0.25, -0.2) is 0 Å². The Morgan fingerprint density at radius 1 is 1.14 bits per heavy atom. The van der Waals surface area contributed by atoms with Crippen molar-refractivity contribution in [3.8, 4) is 0 Å². The Morgan fingerprint density at radius 3 is 2.33 bits per heavy atom. The summed E-state index contributed by atoms with van der Waals surface area (Å²) < 4.78 is 0. The van der Waals surface area contributed by atoms with E-state index in [9.17, 15) is 4.79 Å². The van der Waals surface area contributed by atoms with Gasteiger partial charge in [0.15, 0.2) is 0 Å². The van der Waals surface area contributed by atoms with Gasteiger partial charge < -0.3 is 4.90 Å². The standard InChI is InChI=1S/C17H23ClN2O/c1-14(21)20-11-8-17(13-20)6-9-19(10-7-17)12-15-2-4-16(18)5-3-15/h2-5H,6-13H2,1H3. The lowest BCUT2D eigenvalue weighted by molar-refractivity contribution is -0.128. The zero-order chi connectivity index (χ0) is 14.9. The molecule has 1 amide bonds. The third kappa shape index (κ3) is 3.41. The molecule has 0 radical (unpaired) electrons. The van der Waals surface area contributed by atoms with Crippen LogP contribution >= 0.6 is 11.6 Å². The molecule has 21 heavy (non-hydrogen) atoms. The average Bonchev–Trinajstić information content (AvgIpc) is 2.89. The molecule has 0 atom stereocenters. The Morgan fingerprint density at radius 2 is 1.76 bits per heavy atom. The smallest absolute Gasteiger partial charge is 0.219 e. The predicted octanol–water partition coefficient (Wildman–Crippen LogP) is 3.17. The zero-order valence-electron chi connectivity index (χ0n) is 12.6. The summed E-state index contributed by atoms with van der Waals surface area (Å²) >= 11 is 5.93. The number of likely N-dealkylation sites (tertiary alicyclic amines) is 2. The van der Waals surface area contributed by atoms with Gasteiger partial charge in [-0.05, 0) is 55.5 Å². The summed E-state index contributed by atoms with van der Waals surface area (Å²) in [7, 11) is 0. The first-order chi connectivity index (χ1) is 10.1. The number of benzene rings is 1. The van der Waals surface area contributed by atoms with Crippen molar-refractivity contribution in [2.24, 2.45) is 5.41 Å². The minimum absolute atomic E-state index is 0.232. The molecule has 114 valence electrons. The highest BCUT2D eigenvalue weighted by Gasteiger charge is 2.41. The molecule has 4 heteroatoms. The van der Waals surface area contributed by atoms with Crippen LogP contribution in [0.15, 0.2) is 24.3 Å². The van der Waals surface area contributed by atoms with Crippen molar-refractivity contribution in [1.29, 1.82) is 0 Å². The van der Waals surface area contributed by atoms with E-state index in [-0.39, 0.29) is 5.91 Å². The minimum Gasteiger partial charge on any atom is -0.342 e. The molecule has 2 fully saturated rings. The van der Waals surface area contributed by atoms with Gasteiger partial charge in [-0.1, -0.05) is 23.7 Å². The van der Waals surface area contributed by atoms with E-state index in [2.05, 4.69) is 17.0 Å². The SMILES string of the molecule is CC(=O)N1CCC2(CCN(Cc3ccc(Cl)cc3)CC2)C1. The van der Waals surface area contributed by atoms with Gasteiger partial charge in [-0.3, -0.25) is 9.69 Å². The molecule has 0 aromatic heterocycles. The van der Waals surface area contributed by atoms with Gasteiger partial charge in [0, 0.05) is 31.6 Å². The van der Waals surface area contributed by atoms with Crippen LogP contribution in [0.1, 0.15) is 31.7 Å². The number of piperidine rings is 1. The zero-order valence-corrected chi connectivity index (χ0v) is 13.4. The Balaban J connectivity index is 1.53. The van der Waals surface area contributed by atoms with Crippen LogP contribution in [0.3, 0.4) is 0 Å². The first-order valence-electron chi connectivity index (χ1n) is 7.79. The van der Waals surface area contributed by atoms with E-state index < -0.39 is 0 Å². The molecule has 3 rings (SSSR count). The summed E-state index contributed by atoms with van der Waals surface area (Å²) in [5.41, 5.74) is 1.72.